The lowest BCUT2D eigenvalue weighted by Crippen LogP contribution is -2.32. The molecule has 4 heteroatoms. The Morgan fingerprint density at radius 2 is 1.80 bits per heavy atom. The largest absolute Gasteiger partial charge is 0.496 e. The molecule has 1 N–H and O–H groups in total. The van der Waals surface area contributed by atoms with Crippen LogP contribution in [0.5, 0.6) is 11.5 Å². The zero-order valence-corrected chi connectivity index (χ0v) is 14.0. The van der Waals surface area contributed by atoms with Gasteiger partial charge < -0.3 is 14.8 Å². The highest BCUT2D eigenvalue weighted by Gasteiger charge is 2.24. The second-order valence-electron chi connectivity index (χ2n) is 6.06. The number of rotatable bonds is 3. The van der Waals surface area contributed by atoms with Crippen molar-refractivity contribution in [1.82, 2.24) is 5.32 Å². The quantitative estimate of drug-likeness (QED) is 0.785. The van der Waals surface area contributed by atoms with Gasteiger partial charge in [-0.15, -0.1) is 0 Å². The predicted molar refractivity (Wildman–Crippen MR) is 97.3 cm³/mol. The molecular formula is C21H19NO3. The molecule has 1 amide bonds. The fraction of sp³-hybridized carbons (Fsp3) is 0.190. The van der Waals surface area contributed by atoms with Gasteiger partial charge in [0.1, 0.15) is 11.5 Å². The number of hydrogen-bond donors (Lipinski definition) is 1. The summed E-state index contributed by atoms with van der Waals surface area (Å²) in [5, 5.41) is 4.99. The van der Waals surface area contributed by atoms with Crippen LogP contribution in [0.2, 0.25) is 0 Å². The van der Waals surface area contributed by atoms with Gasteiger partial charge in [0.2, 0.25) is 0 Å². The Morgan fingerprint density at radius 1 is 1.04 bits per heavy atom. The van der Waals surface area contributed by atoms with Crippen LogP contribution in [-0.2, 0) is 0 Å². The molecule has 0 saturated carbocycles. The SMILES string of the molecule is COc1ccc(C(=O)N[C@H]2CCOc3ccccc32)c2ccccc12. The maximum atomic E-state index is 12.9. The lowest BCUT2D eigenvalue weighted by atomic mass is 9.99. The monoisotopic (exact) mass is 333 g/mol. The molecule has 126 valence electrons. The van der Waals surface area contributed by atoms with Gasteiger partial charge in [-0.2, -0.15) is 0 Å². The molecule has 25 heavy (non-hydrogen) atoms. The molecule has 0 fully saturated rings. The molecule has 0 saturated heterocycles. The molecular weight excluding hydrogens is 314 g/mol. The van der Waals surface area contributed by atoms with E-state index in [0.29, 0.717) is 12.2 Å². The lowest BCUT2D eigenvalue weighted by Gasteiger charge is -2.26. The number of benzene rings is 3. The van der Waals surface area contributed by atoms with E-state index in [4.69, 9.17) is 9.47 Å². The molecule has 0 spiro atoms. The standard InChI is InChI=1S/C21H19NO3/c1-24-19-11-10-16(14-6-2-3-7-15(14)19)21(23)22-18-12-13-25-20-9-5-4-8-17(18)20/h2-11,18H,12-13H2,1H3,(H,22,23)/t18-/m0/s1. The van der Waals surface area contributed by atoms with Crippen LogP contribution in [0, 0.1) is 0 Å². The molecule has 1 aliphatic heterocycles. The molecule has 1 atom stereocenters. The van der Waals surface area contributed by atoms with Crippen LogP contribution >= 0.6 is 0 Å². The summed E-state index contributed by atoms with van der Waals surface area (Å²) in [4.78, 5) is 12.9. The normalized spacial score (nSPS) is 16.0. The lowest BCUT2D eigenvalue weighted by molar-refractivity contribution is 0.0926. The molecule has 0 aliphatic carbocycles. The first-order chi connectivity index (χ1) is 12.3. The number of hydrogen-bond acceptors (Lipinski definition) is 3. The van der Waals surface area contributed by atoms with Crippen LogP contribution in [0.4, 0.5) is 0 Å². The van der Waals surface area contributed by atoms with E-state index in [1.807, 2.05) is 60.7 Å². The minimum Gasteiger partial charge on any atom is -0.496 e. The molecule has 1 heterocycles. The average molecular weight is 333 g/mol. The zero-order valence-electron chi connectivity index (χ0n) is 14.0. The van der Waals surface area contributed by atoms with Gasteiger partial charge in [-0.1, -0.05) is 42.5 Å². The summed E-state index contributed by atoms with van der Waals surface area (Å²) in [7, 11) is 1.64. The van der Waals surface area contributed by atoms with Crippen LogP contribution in [0.3, 0.4) is 0 Å². The first-order valence-corrected chi connectivity index (χ1v) is 8.36. The molecule has 3 aromatic carbocycles. The highest BCUT2D eigenvalue weighted by molar-refractivity contribution is 6.08. The number of methoxy groups -OCH3 is 1. The van der Waals surface area contributed by atoms with E-state index >= 15 is 0 Å². The van der Waals surface area contributed by atoms with Crippen LogP contribution in [0.1, 0.15) is 28.4 Å². The summed E-state index contributed by atoms with van der Waals surface area (Å²) >= 11 is 0. The van der Waals surface area contributed by atoms with Crippen molar-refractivity contribution in [1.29, 1.82) is 0 Å². The number of carbonyl (C=O) groups excluding carboxylic acids is 1. The minimum absolute atomic E-state index is 0.0432. The minimum atomic E-state index is -0.0828. The first kappa shape index (κ1) is 15.5. The van der Waals surface area contributed by atoms with Gasteiger partial charge >= 0.3 is 0 Å². The van der Waals surface area contributed by atoms with Crippen molar-refractivity contribution in [2.24, 2.45) is 0 Å². The third kappa shape index (κ3) is 2.80. The third-order valence-corrected chi connectivity index (χ3v) is 4.61. The number of ether oxygens (including phenoxy) is 2. The molecule has 3 aromatic rings. The summed E-state index contributed by atoms with van der Waals surface area (Å²) in [6.07, 6.45) is 0.761. The highest BCUT2D eigenvalue weighted by atomic mass is 16.5. The van der Waals surface area contributed by atoms with Gasteiger partial charge in [0.25, 0.3) is 5.91 Å². The van der Waals surface area contributed by atoms with Crippen LogP contribution in [0.25, 0.3) is 10.8 Å². The fourth-order valence-corrected chi connectivity index (χ4v) is 3.38. The van der Waals surface area contributed by atoms with E-state index in [1.165, 1.54) is 0 Å². The maximum absolute atomic E-state index is 12.9. The smallest absolute Gasteiger partial charge is 0.252 e. The second-order valence-corrected chi connectivity index (χ2v) is 6.06. The molecule has 1 aliphatic rings. The van der Waals surface area contributed by atoms with Crippen molar-refractivity contribution >= 4 is 16.7 Å². The number of amides is 1. The summed E-state index contributed by atoms with van der Waals surface area (Å²) in [6, 6.07) is 19.3. The van der Waals surface area contributed by atoms with Gasteiger partial charge in [-0.05, 0) is 23.6 Å². The number of fused-ring (bicyclic) bond motifs is 2. The third-order valence-electron chi connectivity index (χ3n) is 4.61. The molecule has 0 radical (unpaired) electrons. The van der Waals surface area contributed by atoms with Crippen molar-refractivity contribution in [2.45, 2.75) is 12.5 Å². The Labute approximate surface area is 146 Å². The van der Waals surface area contributed by atoms with Gasteiger partial charge in [0, 0.05) is 22.9 Å². The van der Waals surface area contributed by atoms with Crippen molar-refractivity contribution in [3.63, 3.8) is 0 Å². The molecule has 0 aromatic heterocycles. The van der Waals surface area contributed by atoms with E-state index in [1.54, 1.807) is 7.11 Å². The van der Waals surface area contributed by atoms with Gasteiger partial charge in [0.05, 0.1) is 19.8 Å². The van der Waals surface area contributed by atoms with Crippen molar-refractivity contribution < 1.29 is 14.3 Å². The van der Waals surface area contributed by atoms with E-state index in [9.17, 15) is 4.79 Å². The number of para-hydroxylation sites is 1. The van der Waals surface area contributed by atoms with Crippen LogP contribution in [0.15, 0.2) is 60.7 Å². The Hall–Kier alpha value is -3.01. The number of carbonyl (C=O) groups is 1. The molecule has 4 rings (SSSR count). The Kier molecular flexibility index (Phi) is 4.02. The molecule has 0 unspecified atom stereocenters. The van der Waals surface area contributed by atoms with Gasteiger partial charge in [-0.25, -0.2) is 0 Å². The van der Waals surface area contributed by atoms with Crippen LogP contribution < -0.4 is 14.8 Å². The van der Waals surface area contributed by atoms with Crippen molar-refractivity contribution in [2.75, 3.05) is 13.7 Å². The van der Waals surface area contributed by atoms with Crippen molar-refractivity contribution in [3.05, 3.63) is 71.8 Å². The van der Waals surface area contributed by atoms with Gasteiger partial charge in [0.15, 0.2) is 0 Å². The van der Waals surface area contributed by atoms with E-state index < -0.39 is 0 Å². The highest BCUT2D eigenvalue weighted by Crippen LogP contribution is 2.33. The Morgan fingerprint density at radius 3 is 2.64 bits per heavy atom. The molecule has 0 bridgehead atoms. The summed E-state index contributed by atoms with van der Waals surface area (Å²) < 4.78 is 11.1. The van der Waals surface area contributed by atoms with E-state index in [0.717, 1.165) is 34.3 Å². The maximum Gasteiger partial charge on any atom is 0.252 e. The van der Waals surface area contributed by atoms with E-state index in [2.05, 4.69) is 5.32 Å². The fourth-order valence-electron chi connectivity index (χ4n) is 3.38. The predicted octanol–water partition coefficient (Wildman–Crippen LogP) is 4.10. The summed E-state index contributed by atoms with van der Waals surface area (Å²) in [5.74, 6) is 1.53. The van der Waals surface area contributed by atoms with Gasteiger partial charge in [-0.3, -0.25) is 4.79 Å². The summed E-state index contributed by atoms with van der Waals surface area (Å²) in [5.41, 5.74) is 1.68. The van der Waals surface area contributed by atoms with E-state index in [-0.39, 0.29) is 11.9 Å². The number of nitrogens with one attached hydrogen (secondary N) is 1. The summed E-state index contributed by atoms with van der Waals surface area (Å²) in [6.45, 7) is 0.603. The first-order valence-electron chi connectivity index (χ1n) is 8.36. The van der Waals surface area contributed by atoms with Crippen LogP contribution in [-0.4, -0.2) is 19.6 Å². The Balaban J connectivity index is 1.68. The average Bonchev–Trinajstić information content (AvgIpc) is 2.67. The second kappa shape index (κ2) is 6.48. The Bertz CT molecular complexity index is 935. The topological polar surface area (TPSA) is 47.6 Å². The zero-order chi connectivity index (χ0) is 17.2. The molecule has 4 nitrogen and oxygen atoms in total. The van der Waals surface area contributed by atoms with Crippen molar-refractivity contribution in [3.8, 4) is 11.5 Å².